The quantitative estimate of drug-likeness (QED) is 0.511. The highest BCUT2D eigenvalue weighted by molar-refractivity contribution is 6.30. The topological polar surface area (TPSA) is 79.8 Å². The number of nitrogens with zero attached hydrogens (tertiary/aromatic N) is 1. The lowest BCUT2D eigenvalue weighted by Crippen LogP contribution is -2.20. The van der Waals surface area contributed by atoms with Gasteiger partial charge < -0.3 is 10.1 Å². The summed E-state index contributed by atoms with van der Waals surface area (Å²) in [4.78, 5) is 23.8. The molecule has 2 rings (SSSR count). The summed E-state index contributed by atoms with van der Waals surface area (Å²) in [6, 6.07) is 12.6. The molecule has 0 atom stereocenters. The minimum absolute atomic E-state index is 0.00467. The molecule has 0 spiro atoms. The lowest BCUT2D eigenvalue weighted by atomic mass is 10.2. The summed E-state index contributed by atoms with van der Waals surface area (Å²) in [5.41, 5.74) is 4.87. The molecular weight excluding hydrogens is 378 g/mol. The minimum atomic E-state index is -0.358. The lowest BCUT2D eigenvalue weighted by molar-refractivity contribution is -0.124. The van der Waals surface area contributed by atoms with Crippen LogP contribution in [-0.4, -0.2) is 24.1 Å². The Morgan fingerprint density at radius 3 is 2.46 bits per heavy atom. The van der Waals surface area contributed by atoms with Crippen molar-refractivity contribution in [3.05, 3.63) is 58.6 Å². The molecule has 0 aromatic heterocycles. The van der Waals surface area contributed by atoms with Crippen LogP contribution in [0.25, 0.3) is 0 Å². The maximum atomic E-state index is 11.9. The first-order valence-corrected chi connectivity index (χ1v) is 9.36. The number of amides is 2. The van der Waals surface area contributed by atoms with Crippen LogP contribution in [0.15, 0.2) is 47.6 Å². The number of anilines is 1. The van der Waals surface area contributed by atoms with Crippen molar-refractivity contribution in [1.29, 1.82) is 0 Å². The van der Waals surface area contributed by atoms with Crippen molar-refractivity contribution in [1.82, 2.24) is 5.43 Å². The number of carbonyl (C=O) groups excluding carboxylic acids is 2. The maximum absolute atomic E-state index is 11.9. The van der Waals surface area contributed by atoms with Gasteiger partial charge in [0.1, 0.15) is 5.75 Å². The normalized spacial score (nSPS) is 10.9. The molecule has 0 radical (unpaired) electrons. The number of nitrogens with one attached hydrogen (secondary N) is 2. The van der Waals surface area contributed by atoms with E-state index in [2.05, 4.69) is 15.8 Å². The number of hydrogen-bond acceptors (Lipinski definition) is 4. The van der Waals surface area contributed by atoms with Gasteiger partial charge in [0.15, 0.2) is 0 Å². The first-order chi connectivity index (χ1) is 13.3. The Hall–Kier alpha value is -2.86. The Morgan fingerprint density at radius 1 is 1.11 bits per heavy atom. The van der Waals surface area contributed by atoms with Gasteiger partial charge in [-0.15, -0.1) is 0 Å². The van der Waals surface area contributed by atoms with E-state index >= 15 is 0 Å². The molecule has 2 aromatic rings. The number of aryl methyl sites for hydroxylation is 1. The summed E-state index contributed by atoms with van der Waals surface area (Å²) in [7, 11) is 0. The van der Waals surface area contributed by atoms with Crippen molar-refractivity contribution >= 4 is 35.3 Å². The molecule has 0 saturated heterocycles. The molecule has 0 aliphatic rings. The van der Waals surface area contributed by atoms with Crippen LogP contribution < -0.4 is 15.5 Å². The summed E-state index contributed by atoms with van der Waals surface area (Å²) >= 11 is 6.01. The zero-order valence-corrected chi connectivity index (χ0v) is 16.9. The summed E-state index contributed by atoms with van der Waals surface area (Å²) < 4.78 is 5.69. The van der Waals surface area contributed by atoms with Crippen LogP contribution in [0.4, 0.5) is 5.69 Å². The fourth-order valence-electron chi connectivity index (χ4n) is 2.30. The minimum Gasteiger partial charge on any atom is -0.490 e. The standard InChI is InChI=1S/C21H24ClN3O3/c1-14(2)28-19-9-6-17(22)12-16(19)13-23-25-21(27)11-10-20(26)24-18-7-4-15(3)5-8-18/h4-9,12-14H,10-11H2,1-3H3,(H,24,26)(H,25,27). The van der Waals surface area contributed by atoms with Gasteiger partial charge in [-0.1, -0.05) is 29.3 Å². The van der Waals surface area contributed by atoms with E-state index in [1.165, 1.54) is 6.21 Å². The summed E-state index contributed by atoms with van der Waals surface area (Å²) in [5.74, 6) is 0.0315. The summed E-state index contributed by atoms with van der Waals surface area (Å²) in [5, 5.41) is 7.22. The second-order valence-corrected chi connectivity index (χ2v) is 6.99. The SMILES string of the molecule is Cc1ccc(NC(=O)CCC(=O)NN=Cc2cc(Cl)ccc2OC(C)C)cc1. The van der Waals surface area contributed by atoms with Gasteiger partial charge in [-0.3, -0.25) is 9.59 Å². The number of carbonyl (C=O) groups is 2. The van der Waals surface area contributed by atoms with E-state index in [1.807, 2.05) is 45.0 Å². The molecule has 2 aromatic carbocycles. The number of ether oxygens (including phenoxy) is 1. The van der Waals surface area contributed by atoms with Gasteiger partial charge in [-0.2, -0.15) is 5.10 Å². The van der Waals surface area contributed by atoms with Crippen molar-refractivity contribution < 1.29 is 14.3 Å². The third kappa shape index (κ3) is 7.40. The molecule has 0 heterocycles. The van der Waals surface area contributed by atoms with E-state index < -0.39 is 0 Å². The van der Waals surface area contributed by atoms with Gasteiger partial charge in [0, 0.05) is 29.1 Å². The second kappa shape index (κ2) is 10.5. The van der Waals surface area contributed by atoms with E-state index in [0.29, 0.717) is 22.0 Å². The van der Waals surface area contributed by atoms with Crippen molar-refractivity contribution in [3.8, 4) is 5.75 Å². The number of benzene rings is 2. The fourth-order valence-corrected chi connectivity index (χ4v) is 2.48. The van der Waals surface area contributed by atoms with Gasteiger partial charge in [0.2, 0.25) is 11.8 Å². The molecule has 0 fully saturated rings. The van der Waals surface area contributed by atoms with Crippen LogP contribution in [-0.2, 0) is 9.59 Å². The van der Waals surface area contributed by atoms with E-state index in [1.54, 1.807) is 18.2 Å². The highest BCUT2D eigenvalue weighted by atomic mass is 35.5. The Labute approximate surface area is 169 Å². The monoisotopic (exact) mass is 401 g/mol. The van der Waals surface area contributed by atoms with Gasteiger partial charge >= 0.3 is 0 Å². The number of hydrazone groups is 1. The highest BCUT2D eigenvalue weighted by Gasteiger charge is 2.08. The van der Waals surface area contributed by atoms with E-state index in [9.17, 15) is 9.59 Å². The third-order valence-electron chi connectivity index (χ3n) is 3.64. The number of hydrogen-bond donors (Lipinski definition) is 2. The Kier molecular flexibility index (Phi) is 8.02. The molecule has 2 N–H and O–H groups in total. The molecule has 148 valence electrons. The Bertz CT molecular complexity index is 848. The predicted octanol–water partition coefficient (Wildman–Crippen LogP) is 4.30. The predicted molar refractivity (Wildman–Crippen MR) is 112 cm³/mol. The zero-order valence-electron chi connectivity index (χ0n) is 16.2. The molecule has 6 nitrogen and oxygen atoms in total. The Morgan fingerprint density at radius 2 is 1.79 bits per heavy atom. The molecule has 0 aliphatic carbocycles. The molecular formula is C21H24ClN3O3. The third-order valence-corrected chi connectivity index (χ3v) is 3.88. The zero-order chi connectivity index (χ0) is 20.5. The maximum Gasteiger partial charge on any atom is 0.240 e. The largest absolute Gasteiger partial charge is 0.490 e. The van der Waals surface area contributed by atoms with Crippen LogP contribution in [0.5, 0.6) is 5.75 Å². The van der Waals surface area contributed by atoms with Gasteiger partial charge in [0.25, 0.3) is 0 Å². The Balaban J connectivity index is 1.82. The average Bonchev–Trinajstić information content (AvgIpc) is 2.64. The van der Waals surface area contributed by atoms with Gasteiger partial charge in [-0.05, 0) is 51.1 Å². The van der Waals surface area contributed by atoms with Crippen LogP contribution >= 0.6 is 11.6 Å². The fraction of sp³-hybridized carbons (Fsp3) is 0.286. The molecule has 28 heavy (non-hydrogen) atoms. The van der Waals surface area contributed by atoms with Crippen molar-refractivity contribution in [2.75, 3.05) is 5.32 Å². The summed E-state index contributed by atoms with van der Waals surface area (Å²) in [6.45, 7) is 5.80. The van der Waals surface area contributed by atoms with Gasteiger partial charge in [-0.25, -0.2) is 5.43 Å². The number of rotatable bonds is 8. The first-order valence-electron chi connectivity index (χ1n) is 8.98. The number of halogens is 1. The van der Waals surface area contributed by atoms with Crippen LogP contribution in [0.2, 0.25) is 5.02 Å². The van der Waals surface area contributed by atoms with Crippen molar-refractivity contribution in [3.63, 3.8) is 0 Å². The van der Waals surface area contributed by atoms with Gasteiger partial charge in [0.05, 0.1) is 12.3 Å². The average molecular weight is 402 g/mol. The molecule has 0 bridgehead atoms. The van der Waals surface area contributed by atoms with E-state index in [4.69, 9.17) is 16.3 Å². The smallest absolute Gasteiger partial charge is 0.240 e. The van der Waals surface area contributed by atoms with Crippen LogP contribution in [0, 0.1) is 6.92 Å². The van der Waals surface area contributed by atoms with E-state index in [-0.39, 0.29) is 30.8 Å². The van der Waals surface area contributed by atoms with Crippen molar-refractivity contribution in [2.24, 2.45) is 5.10 Å². The molecule has 0 saturated carbocycles. The van der Waals surface area contributed by atoms with E-state index in [0.717, 1.165) is 5.56 Å². The van der Waals surface area contributed by atoms with Crippen molar-refractivity contribution in [2.45, 2.75) is 39.7 Å². The second-order valence-electron chi connectivity index (χ2n) is 6.56. The molecule has 2 amide bonds. The lowest BCUT2D eigenvalue weighted by Gasteiger charge is -2.12. The van der Waals surface area contributed by atoms with Crippen LogP contribution in [0.1, 0.15) is 37.8 Å². The molecule has 7 heteroatoms. The molecule has 0 unspecified atom stereocenters. The summed E-state index contributed by atoms with van der Waals surface area (Å²) in [6.07, 6.45) is 1.55. The van der Waals surface area contributed by atoms with Crippen LogP contribution in [0.3, 0.4) is 0 Å². The highest BCUT2D eigenvalue weighted by Crippen LogP contribution is 2.22. The first kappa shape index (κ1) is 21.4. The molecule has 0 aliphatic heterocycles.